The summed E-state index contributed by atoms with van der Waals surface area (Å²) in [6.07, 6.45) is 2.22. The van der Waals surface area contributed by atoms with Crippen molar-refractivity contribution < 1.29 is 14.3 Å². The summed E-state index contributed by atoms with van der Waals surface area (Å²) >= 11 is 3.48. The minimum Gasteiger partial charge on any atom is -0.468 e. The number of hydrogen-bond donors (Lipinski definition) is 0. The number of allylic oxidation sites excluding steroid dienone is 2. The first-order valence-electron chi connectivity index (χ1n) is 6.21. The topological polar surface area (TPSA) is 43.4 Å². The summed E-state index contributed by atoms with van der Waals surface area (Å²) in [6.45, 7) is 6.09. The zero-order valence-electron chi connectivity index (χ0n) is 11.3. The van der Waals surface area contributed by atoms with Crippen molar-refractivity contribution in [1.82, 2.24) is 0 Å². The van der Waals surface area contributed by atoms with Gasteiger partial charge in [0.05, 0.1) is 7.11 Å². The zero-order chi connectivity index (χ0) is 13.7. The molecule has 0 aliphatic heterocycles. The van der Waals surface area contributed by atoms with Gasteiger partial charge in [0.25, 0.3) is 0 Å². The van der Waals surface area contributed by atoms with E-state index in [1.807, 2.05) is 6.92 Å². The lowest BCUT2D eigenvalue weighted by Crippen LogP contribution is -2.28. The molecule has 3 nitrogen and oxygen atoms in total. The summed E-state index contributed by atoms with van der Waals surface area (Å²) in [6, 6.07) is 0. The summed E-state index contributed by atoms with van der Waals surface area (Å²) in [7, 11) is 1.40. The second kappa shape index (κ2) is 4.19. The highest BCUT2D eigenvalue weighted by Gasteiger charge is 2.62. The van der Waals surface area contributed by atoms with Crippen LogP contribution in [0.2, 0.25) is 0 Å². The van der Waals surface area contributed by atoms with Crippen LogP contribution in [0.5, 0.6) is 0 Å². The summed E-state index contributed by atoms with van der Waals surface area (Å²) in [5.41, 5.74) is 1.99. The van der Waals surface area contributed by atoms with Gasteiger partial charge in [-0.3, -0.25) is 9.59 Å². The number of ketones is 1. The first-order valence-corrected chi connectivity index (χ1v) is 7.01. The van der Waals surface area contributed by atoms with Gasteiger partial charge in [-0.15, -0.1) is 0 Å². The van der Waals surface area contributed by atoms with E-state index >= 15 is 0 Å². The van der Waals surface area contributed by atoms with Crippen LogP contribution in [-0.4, -0.2) is 23.2 Å². The Morgan fingerprint density at radius 2 is 2.00 bits per heavy atom. The number of methoxy groups -OCH3 is 1. The van der Waals surface area contributed by atoms with Crippen LogP contribution in [0.25, 0.3) is 0 Å². The van der Waals surface area contributed by atoms with Gasteiger partial charge in [0, 0.05) is 12.3 Å². The molecule has 0 aromatic heterocycles. The number of rotatable bonds is 2. The first kappa shape index (κ1) is 13.8. The molecule has 0 amide bonds. The average molecular weight is 315 g/mol. The molecule has 4 heteroatoms. The van der Waals surface area contributed by atoms with E-state index in [0.29, 0.717) is 6.42 Å². The van der Waals surface area contributed by atoms with Crippen molar-refractivity contribution in [3.63, 3.8) is 0 Å². The molecule has 0 aromatic rings. The molecule has 0 N–H and O–H groups in total. The number of Topliss-reactive ketones (excluding diaryl/α,β-unsaturated/α-hetero) is 1. The fourth-order valence-corrected chi connectivity index (χ4v) is 3.64. The maximum absolute atomic E-state index is 12.0. The van der Waals surface area contributed by atoms with E-state index in [9.17, 15) is 9.59 Å². The third-order valence-electron chi connectivity index (χ3n) is 4.05. The van der Waals surface area contributed by atoms with Gasteiger partial charge in [-0.05, 0) is 30.8 Å². The van der Waals surface area contributed by atoms with Crippen LogP contribution in [0, 0.1) is 11.3 Å². The first-order chi connectivity index (χ1) is 8.21. The number of carbonyl (C=O) groups excluding carboxylic acids is 2. The Balaban J connectivity index is 2.27. The molecule has 0 heterocycles. The number of ether oxygens (including phenoxy) is 1. The number of esters is 1. The van der Waals surface area contributed by atoms with Crippen molar-refractivity contribution >= 4 is 27.7 Å². The van der Waals surface area contributed by atoms with Crippen molar-refractivity contribution in [3.8, 4) is 0 Å². The molecule has 2 aliphatic carbocycles. The Hall–Kier alpha value is -0.640. The maximum Gasteiger partial charge on any atom is 0.323 e. The van der Waals surface area contributed by atoms with Crippen LogP contribution in [0.3, 0.4) is 0 Å². The lowest BCUT2D eigenvalue weighted by atomic mass is 9.72. The summed E-state index contributed by atoms with van der Waals surface area (Å²) in [5.74, 6) is 0.102. The molecule has 0 bridgehead atoms. The number of hydrogen-bond acceptors (Lipinski definition) is 3. The van der Waals surface area contributed by atoms with E-state index in [4.69, 9.17) is 4.74 Å². The maximum atomic E-state index is 12.0. The minimum atomic E-state index is -0.591. The van der Waals surface area contributed by atoms with Crippen molar-refractivity contribution in [3.05, 3.63) is 11.1 Å². The van der Waals surface area contributed by atoms with Gasteiger partial charge in [0.15, 0.2) is 5.78 Å². The third-order valence-corrected chi connectivity index (χ3v) is 5.25. The quantitative estimate of drug-likeness (QED) is 0.581. The number of halogens is 1. The third kappa shape index (κ3) is 2.15. The Kier molecular flexibility index (Phi) is 3.21. The van der Waals surface area contributed by atoms with Gasteiger partial charge < -0.3 is 4.74 Å². The van der Waals surface area contributed by atoms with Gasteiger partial charge in [-0.25, -0.2) is 0 Å². The summed E-state index contributed by atoms with van der Waals surface area (Å²) in [4.78, 5) is 23.7. The molecule has 100 valence electrons. The molecular formula is C14H19BrO3. The lowest BCUT2D eigenvalue weighted by molar-refractivity contribution is -0.140. The molecule has 2 aliphatic rings. The Morgan fingerprint density at radius 1 is 1.39 bits per heavy atom. The van der Waals surface area contributed by atoms with E-state index < -0.39 is 4.32 Å². The molecule has 0 saturated heterocycles. The largest absolute Gasteiger partial charge is 0.468 e. The highest BCUT2D eigenvalue weighted by atomic mass is 79.9. The van der Waals surface area contributed by atoms with Crippen LogP contribution < -0.4 is 0 Å². The van der Waals surface area contributed by atoms with Gasteiger partial charge in [-0.2, -0.15) is 0 Å². The molecule has 0 unspecified atom stereocenters. The molecule has 0 aromatic carbocycles. The Bertz CT molecular complexity index is 450. The molecule has 18 heavy (non-hydrogen) atoms. The molecule has 0 radical (unpaired) electrons. The van der Waals surface area contributed by atoms with Gasteiger partial charge >= 0.3 is 5.97 Å². The SMILES string of the molecule is COC(=O)[C@@]1(Br)C[C@H]1C1=C(C)C(=O)CC(C)(C)C1. The van der Waals surface area contributed by atoms with Crippen LogP contribution in [-0.2, 0) is 14.3 Å². The molecule has 2 rings (SSSR count). The van der Waals surface area contributed by atoms with E-state index in [0.717, 1.165) is 24.0 Å². The predicted molar refractivity (Wildman–Crippen MR) is 72.5 cm³/mol. The summed E-state index contributed by atoms with van der Waals surface area (Å²) < 4.78 is 4.23. The van der Waals surface area contributed by atoms with E-state index in [-0.39, 0.29) is 23.1 Å². The second-order valence-electron chi connectivity index (χ2n) is 6.20. The Morgan fingerprint density at radius 3 is 2.56 bits per heavy atom. The molecular weight excluding hydrogens is 296 g/mol. The fourth-order valence-electron chi connectivity index (χ4n) is 2.87. The summed E-state index contributed by atoms with van der Waals surface area (Å²) in [5, 5.41) is 0. The van der Waals surface area contributed by atoms with Crippen molar-refractivity contribution in [2.45, 2.75) is 44.4 Å². The van der Waals surface area contributed by atoms with E-state index in [2.05, 4.69) is 29.8 Å². The Labute approximate surface area is 116 Å². The predicted octanol–water partition coefficient (Wildman–Crippen LogP) is 3.02. The number of alkyl halides is 1. The molecule has 0 spiro atoms. The van der Waals surface area contributed by atoms with Crippen molar-refractivity contribution in [2.75, 3.05) is 7.11 Å². The second-order valence-corrected chi connectivity index (χ2v) is 7.62. The van der Waals surface area contributed by atoms with Crippen LogP contribution in [0.1, 0.15) is 40.0 Å². The van der Waals surface area contributed by atoms with Crippen molar-refractivity contribution in [1.29, 1.82) is 0 Å². The average Bonchev–Trinajstić information content (AvgIpc) is 2.95. The minimum absolute atomic E-state index is 0.00144. The van der Waals surface area contributed by atoms with Crippen LogP contribution >= 0.6 is 15.9 Å². The van der Waals surface area contributed by atoms with Gasteiger partial charge in [0.1, 0.15) is 4.32 Å². The van der Waals surface area contributed by atoms with Gasteiger partial charge in [0.2, 0.25) is 0 Å². The highest BCUT2D eigenvalue weighted by molar-refractivity contribution is 9.10. The fraction of sp³-hybridized carbons (Fsp3) is 0.714. The molecule has 1 fully saturated rings. The number of carbonyl (C=O) groups is 2. The highest BCUT2D eigenvalue weighted by Crippen LogP contribution is 2.59. The van der Waals surface area contributed by atoms with E-state index in [1.54, 1.807) is 0 Å². The van der Waals surface area contributed by atoms with Crippen molar-refractivity contribution in [2.24, 2.45) is 11.3 Å². The zero-order valence-corrected chi connectivity index (χ0v) is 12.9. The van der Waals surface area contributed by atoms with Crippen LogP contribution in [0.15, 0.2) is 11.1 Å². The smallest absolute Gasteiger partial charge is 0.323 e. The monoisotopic (exact) mass is 314 g/mol. The van der Waals surface area contributed by atoms with E-state index in [1.165, 1.54) is 7.11 Å². The molecule has 2 atom stereocenters. The standard InChI is InChI=1S/C14H19BrO3/c1-8-9(5-13(2,3)7-11(8)16)10-6-14(10,15)12(17)18-4/h10H,5-7H2,1-4H3/t10-,14+/m0/s1. The van der Waals surface area contributed by atoms with Crippen LogP contribution in [0.4, 0.5) is 0 Å². The normalized spacial score (nSPS) is 34.5. The lowest BCUT2D eigenvalue weighted by Gasteiger charge is -2.32. The molecule has 1 saturated carbocycles. The van der Waals surface area contributed by atoms with Gasteiger partial charge in [-0.1, -0.05) is 35.4 Å².